The molecule has 0 aliphatic heterocycles. The van der Waals surface area contributed by atoms with Gasteiger partial charge in [0.2, 0.25) is 5.91 Å². The number of carbonyl (C=O) groups excluding carboxylic acids is 3. The molecule has 3 amide bonds. The van der Waals surface area contributed by atoms with E-state index >= 15 is 0 Å². The van der Waals surface area contributed by atoms with Gasteiger partial charge < -0.3 is 15.4 Å². The topological polar surface area (TPSA) is 87.7 Å². The molecule has 0 heterocycles. The number of nitrogens with zero attached hydrogens (tertiary/aromatic N) is 1. The predicted molar refractivity (Wildman–Crippen MR) is 129 cm³/mol. The second-order valence-corrected chi connectivity index (χ2v) is 9.14. The van der Waals surface area contributed by atoms with Crippen molar-refractivity contribution in [1.82, 2.24) is 15.5 Å². The largest absolute Gasteiger partial charge is 0.444 e. The van der Waals surface area contributed by atoms with E-state index in [1.807, 2.05) is 13.8 Å². The van der Waals surface area contributed by atoms with Crippen LogP contribution in [0.25, 0.3) is 0 Å². The summed E-state index contributed by atoms with van der Waals surface area (Å²) in [4.78, 5) is 40.3. The first-order chi connectivity index (χ1) is 15.4. The number of nitrogens with one attached hydrogen (secondary N) is 2. The molecule has 0 aromatic heterocycles. The molecule has 178 valence electrons. The van der Waals surface area contributed by atoms with Crippen molar-refractivity contribution in [3.8, 4) is 24.8 Å². The van der Waals surface area contributed by atoms with Gasteiger partial charge in [0, 0.05) is 23.2 Å². The first-order valence-electron chi connectivity index (χ1n) is 11.0. The average molecular weight is 454 g/mol. The molecule has 7 nitrogen and oxygen atoms in total. The fraction of sp³-hybridized carbons (Fsp3) is 0.500. The van der Waals surface area contributed by atoms with E-state index in [-0.39, 0.29) is 12.0 Å². The number of benzene rings is 1. The molecule has 2 N–H and O–H groups in total. The van der Waals surface area contributed by atoms with E-state index in [1.165, 1.54) is 0 Å². The Labute approximate surface area is 197 Å². The summed E-state index contributed by atoms with van der Waals surface area (Å²) in [6.07, 6.45) is 11.2. The van der Waals surface area contributed by atoms with Gasteiger partial charge in [-0.15, -0.1) is 6.42 Å². The van der Waals surface area contributed by atoms with E-state index in [9.17, 15) is 14.4 Å². The van der Waals surface area contributed by atoms with Crippen LogP contribution >= 0.6 is 0 Å². The Hall–Kier alpha value is -3.45. The molecule has 0 saturated carbocycles. The minimum atomic E-state index is -1.18. The number of ether oxygens (including phenoxy) is 1. The second kappa shape index (κ2) is 12.0. The minimum absolute atomic E-state index is 0.196. The predicted octanol–water partition coefficient (Wildman–Crippen LogP) is 3.59. The molecule has 0 spiro atoms. The monoisotopic (exact) mass is 453 g/mol. The maximum Gasteiger partial charge on any atom is 0.408 e. The molecule has 0 aliphatic rings. The second-order valence-electron chi connectivity index (χ2n) is 9.14. The molecule has 0 fully saturated rings. The third kappa shape index (κ3) is 7.88. The van der Waals surface area contributed by atoms with Gasteiger partial charge in [0.05, 0.1) is 0 Å². The van der Waals surface area contributed by atoms with Crippen molar-refractivity contribution in [2.24, 2.45) is 5.92 Å². The van der Waals surface area contributed by atoms with Crippen LogP contribution in [0.1, 0.15) is 72.1 Å². The smallest absolute Gasteiger partial charge is 0.408 e. The Morgan fingerprint density at radius 1 is 1.09 bits per heavy atom. The number of terminal acetylenes is 2. The molecular formula is C26H35N3O4. The lowest BCUT2D eigenvalue weighted by Gasteiger charge is -2.33. The normalized spacial score (nSPS) is 13.6. The zero-order valence-corrected chi connectivity index (χ0v) is 20.6. The zero-order chi connectivity index (χ0) is 25.3. The Morgan fingerprint density at radius 3 is 2.18 bits per heavy atom. The fourth-order valence-corrected chi connectivity index (χ4v) is 3.16. The molecule has 7 heteroatoms. The maximum atomic E-state index is 13.7. The van der Waals surface area contributed by atoms with Gasteiger partial charge in [-0.2, -0.15) is 0 Å². The first-order valence-corrected chi connectivity index (χ1v) is 11.0. The van der Waals surface area contributed by atoms with Crippen molar-refractivity contribution in [1.29, 1.82) is 0 Å². The standard InChI is InChI=1S/C26H35N3O4/c1-10-18(6)21(28-25(32)33-26(7,8)9)24(31)29(12-3)22(23(30)27-17(4)5)20-16-14-13-15-19(20)11-2/h2-3,13-18,21-22H,10H2,1,4-9H3,(H,27,30)(H,28,32). The van der Waals surface area contributed by atoms with Crippen LogP contribution in [0.5, 0.6) is 0 Å². The lowest BCUT2D eigenvalue weighted by atomic mass is 9.94. The number of carbonyl (C=O) groups is 3. The summed E-state index contributed by atoms with van der Waals surface area (Å²) in [6, 6.07) is 6.77. The van der Waals surface area contributed by atoms with Crippen molar-refractivity contribution in [3.63, 3.8) is 0 Å². The summed E-state index contributed by atoms with van der Waals surface area (Å²) < 4.78 is 5.33. The van der Waals surface area contributed by atoms with Crippen LogP contribution in [-0.4, -0.2) is 40.5 Å². The molecule has 3 atom stereocenters. The molecule has 0 bridgehead atoms. The Morgan fingerprint density at radius 2 is 1.70 bits per heavy atom. The van der Waals surface area contributed by atoms with E-state index in [0.29, 0.717) is 17.5 Å². The quantitative estimate of drug-likeness (QED) is 0.465. The summed E-state index contributed by atoms with van der Waals surface area (Å²) in [6.45, 7) is 12.5. The highest BCUT2D eigenvalue weighted by Crippen LogP contribution is 2.26. The Bertz CT molecular complexity index is 934. The summed E-state index contributed by atoms with van der Waals surface area (Å²) in [5.74, 6) is 1.19. The molecule has 1 aromatic carbocycles. The highest BCUT2D eigenvalue weighted by atomic mass is 16.6. The van der Waals surface area contributed by atoms with Crippen molar-refractivity contribution >= 4 is 17.9 Å². The summed E-state index contributed by atoms with van der Waals surface area (Å²) in [7, 11) is 0. The SMILES string of the molecule is C#Cc1ccccc1C(C(=O)NC(C)C)N(C#C)C(=O)C(NC(=O)OC(C)(C)C)C(C)CC. The van der Waals surface area contributed by atoms with Gasteiger partial charge in [-0.05, 0) is 46.6 Å². The lowest BCUT2D eigenvalue weighted by Crippen LogP contribution is -2.54. The zero-order valence-electron chi connectivity index (χ0n) is 20.6. The van der Waals surface area contributed by atoms with Crippen molar-refractivity contribution in [2.75, 3.05) is 0 Å². The van der Waals surface area contributed by atoms with Gasteiger partial charge in [-0.1, -0.05) is 50.8 Å². The highest BCUT2D eigenvalue weighted by Gasteiger charge is 2.38. The van der Waals surface area contributed by atoms with Gasteiger partial charge in [-0.3, -0.25) is 14.5 Å². The number of amides is 3. The van der Waals surface area contributed by atoms with Gasteiger partial charge in [0.25, 0.3) is 5.91 Å². The average Bonchev–Trinajstić information content (AvgIpc) is 2.72. The van der Waals surface area contributed by atoms with Crippen LogP contribution in [-0.2, 0) is 14.3 Å². The summed E-state index contributed by atoms with van der Waals surface area (Å²) in [5.41, 5.74) is 0.115. The minimum Gasteiger partial charge on any atom is -0.444 e. The van der Waals surface area contributed by atoms with Crippen LogP contribution in [0, 0.1) is 30.7 Å². The summed E-state index contributed by atoms with van der Waals surface area (Å²) >= 11 is 0. The summed E-state index contributed by atoms with van der Waals surface area (Å²) in [5, 5.41) is 5.44. The van der Waals surface area contributed by atoms with Crippen LogP contribution < -0.4 is 10.6 Å². The first kappa shape index (κ1) is 27.6. The Balaban J connectivity index is 3.49. The van der Waals surface area contributed by atoms with E-state index < -0.39 is 35.6 Å². The van der Waals surface area contributed by atoms with E-state index in [1.54, 1.807) is 58.9 Å². The Kier molecular flexibility index (Phi) is 10.0. The third-order valence-electron chi connectivity index (χ3n) is 4.88. The molecule has 0 aliphatic carbocycles. The maximum absolute atomic E-state index is 13.7. The van der Waals surface area contributed by atoms with Crippen molar-refractivity contribution < 1.29 is 19.1 Å². The van der Waals surface area contributed by atoms with Crippen LogP contribution in [0.15, 0.2) is 24.3 Å². The van der Waals surface area contributed by atoms with Gasteiger partial charge >= 0.3 is 6.09 Å². The van der Waals surface area contributed by atoms with Crippen LogP contribution in [0.2, 0.25) is 0 Å². The number of hydrogen-bond acceptors (Lipinski definition) is 4. The third-order valence-corrected chi connectivity index (χ3v) is 4.88. The van der Waals surface area contributed by atoms with Crippen LogP contribution in [0.3, 0.4) is 0 Å². The lowest BCUT2D eigenvalue weighted by molar-refractivity contribution is -0.139. The molecular weight excluding hydrogens is 418 g/mol. The number of rotatable bonds is 8. The molecule has 3 unspecified atom stereocenters. The number of alkyl carbamates (subject to hydrolysis) is 1. The van der Waals surface area contributed by atoms with E-state index in [2.05, 4.69) is 22.6 Å². The fourth-order valence-electron chi connectivity index (χ4n) is 3.16. The molecule has 0 saturated heterocycles. The molecule has 0 radical (unpaired) electrons. The van der Waals surface area contributed by atoms with Crippen molar-refractivity contribution in [3.05, 3.63) is 35.4 Å². The van der Waals surface area contributed by atoms with Gasteiger partial charge in [0.15, 0.2) is 0 Å². The number of hydrogen-bond donors (Lipinski definition) is 2. The highest BCUT2D eigenvalue weighted by molar-refractivity contribution is 5.93. The molecule has 1 rings (SSSR count). The van der Waals surface area contributed by atoms with Crippen LogP contribution in [0.4, 0.5) is 4.79 Å². The van der Waals surface area contributed by atoms with Crippen molar-refractivity contribution in [2.45, 2.75) is 78.6 Å². The molecule has 1 aromatic rings. The van der Waals surface area contributed by atoms with Gasteiger partial charge in [0.1, 0.15) is 17.7 Å². The van der Waals surface area contributed by atoms with E-state index in [0.717, 1.165) is 4.90 Å². The van der Waals surface area contributed by atoms with Gasteiger partial charge in [-0.25, -0.2) is 4.79 Å². The molecule has 33 heavy (non-hydrogen) atoms. The van der Waals surface area contributed by atoms with E-state index in [4.69, 9.17) is 17.6 Å².